The van der Waals surface area contributed by atoms with Gasteiger partial charge in [0.25, 0.3) is 0 Å². The van der Waals surface area contributed by atoms with Crippen molar-refractivity contribution in [3.8, 4) is 11.5 Å². The van der Waals surface area contributed by atoms with Gasteiger partial charge < -0.3 is 19.7 Å². The van der Waals surface area contributed by atoms with Crippen molar-refractivity contribution >= 4 is 5.96 Å². The predicted molar refractivity (Wildman–Crippen MR) is 121 cm³/mol. The molecule has 1 aliphatic heterocycles. The largest absolute Gasteiger partial charge is 0.493 e. The lowest BCUT2D eigenvalue weighted by Crippen LogP contribution is -2.45. The fraction of sp³-hybridized carbons (Fsp3) is 0.565. The highest BCUT2D eigenvalue weighted by Crippen LogP contribution is 2.33. The maximum Gasteiger partial charge on any atom is 0.193 e. The van der Waals surface area contributed by atoms with Crippen molar-refractivity contribution in [3.05, 3.63) is 41.7 Å². The standard InChI is InChI=1S/C23H35N5O2/c1-23(2,19-7-8-20(29-5)21(12-19)30-6)16-25-22(24-3)28-10-9-17(15-28)11-18-13-26-27(4)14-18/h7-8,12-14,17H,9-11,15-16H2,1-6H3,(H,24,25). The van der Waals surface area contributed by atoms with Crippen LogP contribution in [0.4, 0.5) is 0 Å². The van der Waals surface area contributed by atoms with Gasteiger partial charge in [0.2, 0.25) is 0 Å². The number of aromatic nitrogens is 2. The van der Waals surface area contributed by atoms with E-state index in [1.807, 2.05) is 31.0 Å². The number of hydrogen-bond acceptors (Lipinski definition) is 4. The van der Waals surface area contributed by atoms with Gasteiger partial charge >= 0.3 is 0 Å². The molecule has 1 unspecified atom stereocenters. The first-order valence-corrected chi connectivity index (χ1v) is 10.5. The molecule has 7 nitrogen and oxygen atoms in total. The third kappa shape index (κ3) is 5.07. The van der Waals surface area contributed by atoms with Crippen molar-refractivity contribution in [3.63, 3.8) is 0 Å². The number of methoxy groups -OCH3 is 2. The summed E-state index contributed by atoms with van der Waals surface area (Å²) >= 11 is 0. The Morgan fingerprint density at radius 1 is 1.27 bits per heavy atom. The quantitative estimate of drug-likeness (QED) is 0.559. The Labute approximate surface area is 180 Å². The first-order valence-electron chi connectivity index (χ1n) is 10.5. The van der Waals surface area contributed by atoms with Crippen LogP contribution in [0.3, 0.4) is 0 Å². The monoisotopic (exact) mass is 413 g/mol. The number of aryl methyl sites for hydroxylation is 1. The third-order valence-corrected chi connectivity index (χ3v) is 5.93. The van der Waals surface area contributed by atoms with E-state index < -0.39 is 0 Å². The van der Waals surface area contributed by atoms with Gasteiger partial charge in [-0.3, -0.25) is 9.67 Å². The number of guanidine groups is 1. The van der Waals surface area contributed by atoms with Gasteiger partial charge in [-0.1, -0.05) is 19.9 Å². The fourth-order valence-corrected chi connectivity index (χ4v) is 4.09. The number of benzene rings is 1. The zero-order valence-electron chi connectivity index (χ0n) is 19.1. The topological polar surface area (TPSA) is 63.9 Å². The average molecular weight is 414 g/mol. The molecule has 2 aromatic rings. The molecule has 164 valence electrons. The van der Waals surface area contributed by atoms with Crippen molar-refractivity contribution in [2.75, 3.05) is 40.9 Å². The van der Waals surface area contributed by atoms with E-state index in [0.717, 1.165) is 43.5 Å². The summed E-state index contributed by atoms with van der Waals surface area (Å²) in [6, 6.07) is 6.13. The lowest BCUT2D eigenvalue weighted by atomic mass is 9.84. The fourth-order valence-electron chi connectivity index (χ4n) is 4.09. The molecule has 1 saturated heterocycles. The molecule has 30 heavy (non-hydrogen) atoms. The van der Waals surface area contributed by atoms with E-state index in [1.165, 1.54) is 17.5 Å². The summed E-state index contributed by atoms with van der Waals surface area (Å²) in [4.78, 5) is 6.91. The second-order valence-electron chi connectivity index (χ2n) is 8.68. The molecule has 0 amide bonds. The zero-order chi connectivity index (χ0) is 21.7. The molecule has 1 aromatic carbocycles. The van der Waals surface area contributed by atoms with Crippen LogP contribution in [0.1, 0.15) is 31.4 Å². The first-order chi connectivity index (χ1) is 14.4. The Bertz CT molecular complexity index is 874. The van der Waals surface area contributed by atoms with Gasteiger partial charge in [-0.25, -0.2) is 0 Å². The van der Waals surface area contributed by atoms with Gasteiger partial charge in [0.05, 0.1) is 20.4 Å². The Morgan fingerprint density at radius 2 is 2.03 bits per heavy atom. The van der Waals surface area contributed by atoms with Crippen molar-refractivity contribution in [2.45, 2.75) is 32.1 Å². The Kier molecular flexibility index (Phi) is 6.90. The first kappa shape index (κ1) is 22.0. The van der Waals surface area contributed by atoms with Crippen LogP contribution in [0, 0.1) is 5.92 Å². The molecule has 1 N–H and O–H groups in total. The third-order valence-electron chi connectivity index (χ3n) is 5.93. The molecule has 1 fully saturated rings. The number of rotatable bonds is 7. The Balaban J connectivity index is 1.59. The molecule has 0 radical (unpaired) electrons. The minimum Gasteiger partial charge on any atom is -0.493 e. The highest BCUT2D eigenvalue weighted by Gasteiger charge is 2.28. The minimum absolute atomic E-state index is 0.0929. The molecule has 1 aromatic heterocycles. The van der Waals surface area contributed by atoms with Crippen LogP contribution >= 0.6 is 0 Å². The maximum absolute atomic E-state index is 5.48. The lowest BCUT2D eigenvalue weighted by Gasteiger charge is -2.29. The minimum atomic E-state index is -0.0929. The smallest absolute Gasteiger partial charge is 0.193 e. The molecule has 1 aliphatic rings. The summed E-state index contributed by atoms with van der Waals surface area (Å²) < 4.78 is 12.7. The molecule has 2 heterocycles. The molecule has 1 atom stereocenters. The summed E-state index contributed by atoms with van der Waals surface area (Å²) in [7, 11) is 7.16. The van der Waals surface area contributed by atoms with Gasteiger partial charge in [0.15, 0.2) is 17.5 Å². The number of likely N-dealkylation sites (tertiary alicyclic amines) is 1. The van der Waals surface area contributed by atoms with Crippen molar-refractivity contribution in [2.24, 2.45) is 18.0 Å². The van der Waals surface area contributed by atoms with Crippen LogP contribution in [0.5, 0.6) is 11.5 Å². The van der Waals surface area contributed by atoms with Gasteiger partial charge in [0.1, 0.15) is 0 Å². The molecule has 7 heteroatoms. The number of aliphatic imine (C=N–C) groups is 1. The predicted octanol–water partition coefficient (Wildman–Crippen LogP) is 2.85. The second kappa shape index (κ2) is 9.41. The van der Waals surface area contributed by atoms with Crippen LogP contribution in [0.25, 0.3) is 0 Å². The van der Waals surface area contributed by atoms with E-state index in [1.54, 1.807) is 14.2 Å². The molecular formula is C23H35N5O2. The summed E-state index contributed by atoms with van der Waals surface area (Å²) in [5.74, 6) is 3.10. The van der Waals surface area contributed by atoms with Crippen molar-refractivity contribution in [1.82, 2.24) is 20.0 Å². The number of hydrogen-bond donors (Lipinski definition) is 1. The van der Waals surface area contributed by atoms with Crippen LogP contribution < -0.4 is 14.8 Å². The van der Waals surface area contributed by atoms with E-state index in [2.05, 4.69) is 52.5 Å². The summed E-state index contributed by atoms with van der Waals surface area (Å²) in [6.07, 6.45) is 6.33. The molecule has 0 bridgehead atoms. The Hall–Kier alpha value is -2.70. The number of ether oxygens (including phenoxy) is 2. The van der Waals surface area contributed by atoms with Crippen LogP contribution in [-0.2, 0) is 18.9 Å². The molecule has 0 saturated carbocycles. The van der Waals surface area contributed by atoms with Gasteiger partial charge in [-0.05, 0) is 42.0 Å². The highest BCUT2D eigenvalue weighted by atomic mass is 16.5. The molecule has 3 rings (SSSR count). The van der Waals surface area contributed by atoms with E-state index in [4.69, 9.17) is 9.47 Å². The molecule has 0 spiro atoms. The zero-order valence-corrected chi connectivity index (χ0v) is 19.1. The SMILES string of the molecule is CN=C(NCC(C)(C)c1ccc(OC)c(OC)c1)N1CCC(Cc2cnn(C)c2)C1. The maximum atomic E-state index is 5.48. The van der Waals surface area contributed by atoms with E-state index in [0.29, 0.717) is 5.92 Å². The highest BCUT2D eigenvalue weighted by molar-refractivity contribution is 5.80. The molecule has 0 aliphatic carbocycles. The van der Waals surface area contributed by atoms with Crippen LogP contribution in [0.2, 0.25) is 0 Å². The van der Waals surface area contributed by atoms with Crippen molar-refractivity contribution < 1.29 is 9.47 Å². The Morgan fingerprint density at radius 3 is 2.67 bits per heavy atom. The van der Waals surface area contributed by atoms with E-state index in [-0.39, 0.29) is 5.41 Å². The number of nitrogens with one attached hydrogen (secondary N) is 1. The average Bonchev–Trinajstić information content (AvgIpc) is 3.37. The van der Waals surface area contributed by atoms with Gasteiger partial charge in [-0.2, -0.15) is 5.10 Å². The van der Waals surface area contributed by atoms with Gasteiger partial charge in [-0.15, -0.1) is 0 Å². The lowest BCUT2D eigenvalue weighted by molar-refractivity contribution is 0.353. The summed E-state index contributed by atoms with van der Waals surface area (Å²) in [6.45, 7) is 7.28. The summed E-state index contributed by atoms with van der Waals surface area (Å²) in [5.41, 5.74) is 2.41. The second-order valence-corrected chi connectivity index (χ2v) is 8.68. The van der Waals surface area contributed by atoms with Gasteiger partial charge in [0, 0.05) is 45.3 Å². The summed E-state index contributed by atoms with van der Waals surface area (Å²) in [5, 5.41) is 7.88. The van der Waals surface area contributed by atoms with E-state index in [9.17, 15) is 0 Å². The molecular weight excluding hydrogens is 378 g/mol. The van der Waals surface area contributed by atoms with Crippen molar-refractivity contribution in [1.29, 1.82) is 0 Å². The van der Waals surface area contributed by atoms with Crippen LogP contribution in [0.15, 0.2) is 35.6 Å². The van der Waals surface area contributed by atoms with Crippen LogP contribution in [-0.4, -0.2) is 61.5 Å². The van der Waals surface area contributed by atoms with E-state index >= 15 is 0 Å². The number of nitrogens with zero attached hydrogens (tertiary/aromatic N) is 4. The normalized spacial score (nSPS) is 17.3.